The fourth-order valence-corrected chi connectivity index (χ4v) is 5.05. The van der Waals surface area contributed by atoms with Crippen LogP contribution in [0.2, 0.25) is 0 Å². The first-order chi connectivity index (χ1) is 15.4. The molecule has 7 nitrogen and oxygen atoms in total. The summed E-state index contributed by atoms with van der Waals surface area (Å²) in [5.74, 6) is -0.600. The monoisotopic (exact) mass is 454 g/mol. The molecule has 0 radical (unpaired) electrons. The standard InChI is InChI=1S/C23H23FN4O3S/c1-2-16-11-27-12-17(20(29)21(30)19(27)23(31)28(16)10-14-3-4-14)22-26-25-18(32-22)9-13-5-7-15(24)8-6-13/h5-8,12,14,16,30H,2-4,9-11H2,1H3/t16-/m1/s1. The lowest BCUT2D eigenvalue weighted by molar-refractivity contribution is 0.0566. The summed E-state index contributed by atoms with van der Waals surface area (Å²) >= 11 is 1.25. The number of pyridine rings is 1. The van der Waals surface area contributed by atoms with Crippen LogP contribution < -0.4 is 5.43 Å². The van der Waals surface area contributed by atoms with Crippen LogP contribution in [-0.2, 0) is 13.0 Å². The van der Waals surface area contributed by atoms with Gasteiger partial charge in [-0.25, -0.2) is 4.39 Å². The van der Waals surface area contributed by atoms with Gasteiger partial charge in [-0.1, -0.05) is 30.4 Å². The molecule has 166 valence electrons. The van der Waals surface area contributed by atoms with Gasteiger partial charge in [-0.3, -0.25) is 9.59 Å². The molecule has 2 aromatic heterocycles. The number of halogens is 1. The maximum atomic E-state index is 13.2. The van der Waals surface area contributed by atoms with Crippen molar-refractivity contribution in [1.29, 1.82) is 0 Å². The molecule has 1 aliphatic carbocycles. The van der Waals surface area contributed by atoms with Crippen LogP contribution in [-0.4, -0.2) is 43.3 Å². The third-order valence-corrected chi connectivity index (χ3v) is 7.11. The van der Waals surface area contributed by atoms with Gasteiger partial charge >= 0.3 is 0 Å². The molecule has 0 saturated heterocycles. The predicted octanol–water partition coefficient (Wildman–Crippen LogP) is 3.45. The Labute approximate surface area is 188 Å². The number of aromatic nitrogens is 3. The Morgan fingerprint density at radius 1 is 1.19 bits per heavy atom. The molecule has 5 rings (SSSR count). The summed E-state index contributed by atoms with van der Waals surface area (Å²) in [5.41, 5.74) is 0.550. The Balaban J connectivity index is 1.47. The molecule has 1 amide bonds. The Morgan fingerprint density at radius 3 is 2.62 bits per heavy atom. The number of hydrogen-bond acceptors (Lipinski definition) is 6. The fraction of sp³-hybridized carbons (Fsp3) is 0.391. The Bertz CT molecular complexity index is 1230. The van der Waals surface area contributed by atoms with Crippen molar-refractivity contribution in [2.45, 2.75) is 45.2 Å². The number of hydrogen-bond donors (Lipinski definition) is 1. The van der Waals surface area contributed by atoms with Gasteiger partial charge < -0.3 is 14.6 Å². The van der Waals surface area contributed by atoms with Crippen LogP contribution in [0.25, 0.3) is 10.6 Å². The summed E-state index contributed by atoms with van der Waals surface area (Å²) < 4.78 is 14.8. The summed E-state index contributed by atoms with van der Waals surface area (Å²) in [6.07, 6.45) is 5.11. The second kappa shape index (κ2) is 8.12. The molecule has 1 N–H and O–H groups in total. The number of carbonyl (C=O) groups is 1. The van der Waals surface area contributed by atoms with Gasteiger partial charge in [0.05, 0.1) is 5.56 Å². The summed E-state index contributed by atoms with van der Waals surface area (Å²) in [4.78, 5) is 27.9. The second-order valence-corrected chi connectivity index (χ2v) is 9.55. The molecule has 3 aromatic rings. The van der Waals surface area contributed by atoms with Crippen LogP contribution >= 0.6 is 11.3 Å². The van der Waals surface area contributed by atoms with Crippen LogP contribution in [0.1, 0.15) is 47.2 Å². The number of nitrogens with zero attached hydrogens (tertiary/aromatic N) is 4. The molecule has 1 aromatic carbocycles. The molecule has 32 heavy (non-hydrogen) atoms. The highest BCUT2D eigenvalue weighted by Gasteiger charge is 2.38. The van der Waals surface area contributed by atoms with Crippen LogP contribution in [0.15, 0.2) is 35.3 Å². The third kappa shape index (κ3) is 3.81. The van der Waals surface area contributed by atoms with Crippen molar-refractivity contribution in [2.24, 2.45) is 5.92 Å². The normalized spacial score (nSPS) is 18.1. The maximum absolute atomic E-state index is 13.2. The lowest BCUT2D eigenvalue weighted by Crippen LogP contribution is -2.49. The zero-order valence-electron chi connectivity index (χ0n) is 17.6. The van der Waals surface area contributed by atoms with Gasteiger partial charge in [0.2, 0.25) is 5.43 Å². The largest absolute Gasteiger partial charge is 0.503 e. The van der Waals surface area contributed by atoms with E-state index in [9.17, 15) is 19.1 Å². The average Bonchev–Trinajstić information content (AvgIpc) is 3.49. The minimum Gasteiger partial charge on any atom is -0.503 e. The number of benzene rings is 1. The van der Waals surface area contributed by atoms with E-state index in [1.165, 1.54) is 23.5 Å². The molecule has 3 heterocycles. The highest BCUT2D eigenvalue weighted by Crippen LogP contribution is 2.34. The number of fused-ring (bicyclic) bond motifs is 1. The Morgan fingerprint density at radius 2 is 1.94 bits per heavy atom. The first-order valence-electron chi connectivity index (χ1n) is 10.8. The number of carbonyl (C=O) groups excluding carboxylic acids is 1. The summed E-state index contributed by atoms with van der Waals surface area (Å²) in [5, 5.41) is 20.1. The Kier molecular flexibility index (Phi) is 5.28. The molecule has 1 aliphatic heterocycles. The van der Waals surface area contributed by atoms with E-state index in [4.69, 9.17) is 0 Å². The van der Waals surface area contributed by atoms with Crippen molar-refractivity contribution in [2.75, 3.05) is 6.54 Å². The molecule has 2 aliphatic rings. The minimum atomic E-state index is -0.615. The molecule has 1 atom stereocenters. The number of aromatic hydroxyl groups is 1. The van der Waals surface area contributed by atoms with Gasteiger partial charge in [-0.15, -0.1) is 10.2 Å². The van der Waals surface area contributed by atoms with Crippen LogP contribution in [0.3, 0.4) is 0 Å². The molecule has 0 unspecified atom stereocenters. The molecule has 9 heteroatoms. The van der Waals surface area contributed by atoms with E-state index in [-0.39, 0.29) is 29.0 Å². The maximum Gasteiger partial charge on any atom is 0.274 e. The molecule has 1 saturated carbocycles. The Hall–Kier alpha value is -3.07. The quantitative estimate of drug-likeness (QED) is 0.616. The van der Waals surface area contributed by atoms with Crippen LogP contribution in [0, 0.1) is 11.7 Å². The van der Waals surface area contributed by atoms with E-state index < -0.39 is 11.2 Å². The summed E-state index contributed by atoms with van der Waals surface area (Å²) in [7, 11) is 0. The van der Waals surface area contributed by atoms with Crippen molar-refractivity contribution in [3.8, 4) is 16.3 Å². The van der Waals surface area contributed by atoms with E-state index in [0.29, 0.717) is 35.4 Å². The van der Waals surface area contributed by atoms with Gasteiger partial charge in [0, 0.05) is 31.7 Å². The van der Waals surface area contributed by atoms with Gasteiger partial charge in [0.15, 0.2) is 16.5 Å². The smallest absolute Gasteiger partial charge is 0.274 e. The molecule has 0 spiro atoms. The van der Waals surface area contributed by atoms with Gasteiger partial charge in [0.1, 0.15) is 10.8 Å². The second-order valence-electron chi connectivity index (χ2n) is 8.49. The number of amides is 1. The first-order valence-corrected chi connectivity index (χ1v) is 11.6. The first kappa shape index (κ1) is 20.8. The summed E-state index contributed by atoms with van der Waals surface area (Å²) in [6.45, 7) is 3.24. The van der Waals surface area contributed by atoms with E-state index in [2.05, 4.69) is 10.2 Å². The fourth-order valence-electron chi connectivity index (χ4n) is 4.17. The lowest BCUT2D eigenvalue weighted by Gasteiger charge is -2.37. The van der Waals surface area contributed by atoms with Crippen molar-refractivity contribution >= 4 is 17.2 Å². The SMILES string of the molecule is CC[C@@H]1Cn2cc(-c3nnc(Cc4ccc(F)cc4)s3)c(=O)c(O)c2C(=O)N1CC1CC1. The summed E-state index contributed by atoms with van der Waals surface area (Å²) in [6, 6.07) is 6.16. The average molecular weight is 455 g/mol. The highest BCUT2D eigenvalue weighted by molar-refractivity contribution is 7.14. The van der Waals surface area contributed by atoms with Crippen molar-refractivity contribution in [3.05, 3.63) is 62.8 Å². The van der Waals surface area contributed by atoms with Gasteiger partial charge in [-0.05, 0) is 42.9 Å². The molecular formula is C23H23FN4O3S. The van der Waals surface area contributed by atoms with E-state index in [1.54, 1.807) is 22.9 Å². The van der Waals surface area contributed by atoms with Crippen molar-refractivity contribution in [3.63, 3.8) is 0 Å². The van der Waals surface area contributed by atoms with Crippen LogP contribution in [0.5, 0.6) is 5.75 Å². The topological polar surface area (TPSA) is 88.3 Å². The highest BCUT2D eigenvalue weighted by atomic mass is 32.1. The molecule has 1 fully saturated rings. The van der Waals surface area contributed by atoms with E-state index in [0.717, 1.165) is 24.8 Å². The van der Waals surface area contributed by atoms with Crippen LogP contribution in [0.4, 0.5) is 4.39 Å². The lowest BCUT2D eigenvalue weighted by atomic mass is 10.1. The molecular weight excluding hydrogens is 431 g/mol. The minimum absolute atomic E-state index is 0.0220. The van der Waals surface area contributed by atoms with Crippen molar-refractivity contribution < 1.29 is 14.3 Å². The third-order valence-electron chi connectivity index (χ3n) is 6.16. The van der Waals surface area contributed by atoms with E-state index >= 15 is 0 Å². The zero-order chi connectivity index (χ0) is 22.4. The number of rotatable bonds is 6. The van der Waals surface area contributed by atoms with Gasteiger partial charge in [-0.2, -0.15) is 0 Å². The zero-order valence-corrected chi connectivity index (χ0v) is 18.4. The predicted molar refractivity (Wildman–Crippen MR) is 118 cm³/mol. The molecule has 0 bridgehead atoms. The van der Waals surface area contributed by atoms with E-state index in [1.807, 2.05) is 11.8 Å². The van der Waals surface area contributed by atoms with Gasteiger partial charge in [0.25, 0.3) is 5.91 Å². The van der Waals surface area contributed by atoms with Crippen molar-refractivity contribution in [1.82, 2.24) is 19.7 Å².